The molecule has 5 heteroatoms. The van der Waals surface area contributed by atoms with Gasteiger partial charge in [0.1, 0.15) is 5.82 Å². The molecule has 0 saturated heterocycles. The molecular formula is C22H27FN2O2. The molecule has 0 atom stereocenters. The number of nitrogens with zero attached hydrogens (tertiary/aromatic N) is 1. The largest absolute Gasteiger partial charge is 0.338 e. The molecule has 0 radical (unpaired) electrons. The smallest absolute Gasteiger partial charge is 0.226 e. The van der Waals surface area contributed by atoms with Crippen molar-refractivity contribution in [1.82, 2.24) is 4.90 Å². The zero-order valence-electron chi connectivity index (χ0n) is 16.4. The zero-order chi connectivity index (χ0) is 20.0. The molecule has 1 N–H and O–H groups in total. The summed E-state index contributed by atoms with van der Waals surface area (Å²) in [4.78, 5) is 25.8. The van der Waals surface area contributed by atoms with Gasteiger partial charge in [0.15, 0.2) is 0 Å². The minimum absolute atomic E-state index is 0.0971. The highest BCUT2D eigenvalue weighted by molar-refractivity contribution is 5.92. The summed E-state index contributed by atoms with van der Waals surface area (Å²) in [5, 5.41) is 2.94. The maximum Gasteiger partial charge on any atom is 0.226 e. The van der Waals surface area contributed by atoms with Crippen LogP contribution < -0.4 is 5.32 Å². The number of nitrogens with one attached hydrogen (secondary N) is 1. The molecule has 2 amide bonds. The Hall–Kier alpha value is -2.69. The number of para-hydroxylation sites is 1. The Bertz CT molecular complexity index is 812. The molecule has 27 heavy (non-hydrogen) atoms. The molecule has 2 aromatic rings. The van der Waals surface area contributed by atoms with Gasteiger partial charge in [-0.2, -0.15) is 0 Å². The van der Waals surface area contributed by atoms with E-state index < -0.39 is 0 Å². The lowest BCUT2D eigenvalue weighted by Crippen LogP contribution is -2.32. The molecule has 0 heterocycles. The fraction of sp³-hybridized carbons (Fsp3) is 0.364. The standard InChI is InChI=1S/C22H27FN2O2/c1-16(26)25(15-17-9-5-7-11-19(17)23)14-13-21(27)24-20-12-8-6-10-18(20)22(2,3)4/h5-12H,13-15H2,1-4H3,(H,24,27). The summed E-state index contributed by atoms with van der Waals surface area (Å²) in [5.74, 6) is -0.722. The van der Waals surface area contributed by atoms with Gasteiger partial charge in [0.25, 0.3) is 0 Å². The summed E-state index contributed by atoms with van der Waals surface area (Å²) in [5.41, 5.74) is 2.16. The van der Waals surface area contributed by atoms with Gasteiger partial charge >= 0.3 is 0 Å². The van der Waals surface area contributed by atoms with Crippen LogP contribution in [0.2, 0.25) is 0 Å². The van der Waals surface area contributed by atoms with Crippen molar-refractivity contribution in [3.05, 3.63) is 65.5 Å². The third-order valence-corrected chi connectivity index (χ3v) is 4.38. The summed E-state index contributed by atoms with van der Waals surface area (Å²) >= 11 is 0. The number of amides is 2. The van der Waals surface area contributed by atoms with Gasteiger partial charge in [0.2, 0.25) is 11.8 Å². The van der Waals surface area contributed by atoms with Crippen molar-refractivity contribution < 1.29 is 14.0 Å². The van der Waals surface area contributed by atoms with E-state index >= 15 is 0 Å². The molecular weight excluding hydrogens is 343 g/mol. The van der Waals surface area contributed by atoms with E-state index in [0.29, 0.717) is 5.56 Å². The molecule has 0 aliphatic rings. The van der Waals surface area contributed by atoms with Crippen LogP contribution in [-0.4, -0.2) is 23.3 Å². The first-order valence-corrected chi connectivity index (χ1v) is 9.07. The summed E-state index contributed by atoms with van der Waals surface area (Å²) < 4.78 is 13.8. The zero-order valence-corrected chi connectivity index (χ0v) is 16.4. The van der Waals surface area contributed by atoms with Gasteiger partial charge in [-0.15, -0.1) is 0 Å². The topological polar surface area (TPSA) is 49.4 Å². The van der Waals surface area contributed by atoms with E-state index in [1.165, 1.54) is 17.9 Å². The number of carbonyl (C=O) groups excluding carboxylic acids is 2. The SMILES string of the molecule is CC(=O)N(CCC(=O)Nc1ccccc1C(C)(C)C)Cc1ccccc1F. The van der Waals surface area contributed by atoms with Crippen LogP contribution in [0.15, 0.2) is 48.5 Å². The van der Waals surface area contributed by atoms with Gasteiger partial charge in [0, 0.05) is 37.7 Å². The quantitative estimate of drug-likeness (QED) is 0.814. The van der Waals surface area contributed by atoms with Crippen LogP contribution in [-0.2, 0) is 21.5 Å². The highest BCUT2D eigenvalue weighted by Gasteiger charge is 2.19. The van der Waals surface area contributed by atoms with E-state index in [1.54, 1.807) is 18.2 Å². The van der Waals surface area contributed by atoms with Gasteiger partial charge in [0.05, 0.1) is 0 Å². The third kappa shape index (κ3) is 5.91. The van der Waals surface area contributed by atoms with Crippen LogP contribution in [0.5, 0.6) is 0 Å². The number of rotatable bonds is 6. The van der Waals surface area contributed by atoms with Gasteiger partial charge < -0.3 is 10.2 Å². The van der Waals surface area contributed by atoms with Crippen molar-refractivity contribution in [2.45, 2.75) is 46.1 Å². The molecule has 0 saturated carbocycles. The molecule has 0 aliphatic carbocycles. The molecule has 144 valence electrons. The molecule has 0 fully saturated rings. The van der Waals surface area contributed by atoms with Crippen LogP contribution in [0.4, 0.5) is 10.1 Å². The van der Waals surface area contributed by atoms with E-state index in [1.807, 2.05) is 24.3 Å². The Kier molecular flexibility index (Phi) is 6.72. The molecule has 4 nitrogen and oxygen atoms in total. The fourth-order valence-electron chi connectivity index (χ4n) is 2.88. The van der Waals surface area contributed by atoms with E-state index in [2.05, 4.69) is 26.1 Å². The van der Waals surface area contributed by atoms with Crippen molar-refractivity contribution >= 4 is 17.5 Å². The van der Waals surface area contributed by atoms with Crippen molar-refractivity contribution in [2.24, 2.45) is 0 Å². The summed E-state index contributed by atoms with van der Waals surface area (Å²) in [6.45, 7) is 8.06. The Morgan fingerprint density at radius 2 is 1.67 bits per heavy atom. The van der Waals surface area contributed by atoms with Crippen LogP contribution in [0.25, 0.3) is 0 Å². The predicted octanol–water partition coefficient (Wildman–Crippen LogP) is 4.50. The second-order valence-electron chi connectivity index (χ2n) is 7.63. The summed E-state index contributed by atoms with van der Waals surface area (Å²) in [6, 6.07) is 14.0. The molecule has 0 aromatic heterocycles. The number of hydrogen-bond acceptors (Lipinski definition) is 2. The Labute approximate surface area is 160 Å². The Balaban J connectivity index is 2.01. The summed E-state index contributed by atoms with van der Waals surface area (Å²) in [6.07, 6.45) is 0.145. The average molecular weight is 370 g/mol. The van der Waals surface area contributed by atoms with Gasteiger partial charge in [-0.25, -0.2) is 4.39 Å². The Morgan fingerprint density at radius 1 is 1.04 bits per heavy atom. The molecule has 0 unspecified atom stereocenters. The highest BCUT2D eigenvalue weighted by atomic mass is 19.1. The first-order valence-electron chi connectivity index (χ1n) is 9.07. The van der Waals surface area contributed by atoms with E-state index in [-0.39, 0.29) is 42.6 Å². The predicted molar refractivity (Wildman–Crippen MR) is 106 cm³/mol. The average Bonchev–Trinajstić information content (AvgIpc) is 2.59. The minimum Gasteiger partial charge on any atom is -0.338 e. The highest BCUT2D eigenvalue weighted by Crippen LogP contribution is 2.29. The maximum absolute atomic E-state index is 13.8. The number of benzene rings is 2. The molecule has 0 bridgehead atoms. The minimum atomic E-state index is -0.354. The second-order valence-corrected chi connectivity index (χ2v) is 7.63. The van der Waals surface area contributed by atoms with Crippen LogP contribution in [0.1, 0.15) is 45.2 Å². The normalized spacial score (nSPS) is 11.1. The van der Waals surface area contributed by atoms with Crippen molar-refractivity contribution in [1.29, 1.82) is 0 Å². The molecule has 0 aliphatic heterocycles. The van der Waals surface area contributed by atoms with E-state index in [9.17, 15) is 14.0 Å². The van der Waals surface area contributed by atoms with Gasteiger partial charge in [-0.3, -0.25) is 9.59 Å². The lowest BCUT2D eigenvalue weighted by molar-refractivity contribution is -0.130. The van der Waals surface area contributed by atoms with Gasteiger partial charge in [-0.05, 0) is 23.1 Å². The van der Waals surface area contributed by atoms with Crippen molar-refractivity contribution in [3.63, 3.8) is 0 Å². The monoisotopic (exact) mass is 370 g/mol. The van der Waals surface area contributed by atoms with Crippen LogP contribution >= 0.6 is 0 Å². The third-order valence-electron chi connectivity index (χ3n) is 4.38. The van der Waals surface area contributed by atoms with Crippen molar-refractivity contribution in [2.75, 3.05) is 11.9 Å². The van der Waals surface area contributed by atoms with Crippen LogP contribution in [0.3, 0.4) is 0 Å². The lowest BCUT2D eigenvalue weighted by Gasteiger charge is -2.24. The molecule has 2 aromatic carbocycles. The lowest BCUT2D eigenvalue weighted by atomic mass is 9.86. The van der Waals surface area contributed by atoms with E-state index in [4.69, 9.17) is 0 Å². The fourth-order valence-corrected chi connectivity index (χ4v) is 2.88. The maximum atomic E-state index is 13.8. The number of anilines is 1. The van der Waals surface area contributed by atoms with Gasteiger partial charge in [-0.1, -0.05) is 57.2 Å². The first kappa shape index (κ1) is 20.6. The molecule has 0 spiro atoms. The number of carbonyl (C=O) groups is 2. The van der Waals surface area contributed by atoms with Crippen molar-refractivity contribution in [3.8, 4) is 0 Å². The van der Waals surface area contributed by atoms with E-state index in [0.717, 1.165) is 11.3 Å². The Morgan fingerprint density at radius 3 is 2.30 bits per heavy atom. The number of halogens is 1. The number of hydrogen-bond donors (Lipinski definition) is 1. The summed E-state index contributed by atoms with van der Waals surface area (Å²) in [7, 11) is 0. The first-order chi connectivity index (χ1) is 12.7. The second kappa shape index (κ2) is 8.80. The molecule has 2 rings (SSSR count). The van der Waals surface area contributed by atoms with Crippen LogP contribution in [0, 0.1) is 5.82 Å².